The highest BCUT2D eigenvalue weighted by Crippen LogP contribution is 2.32. The van der Waals surface area contributed by atoms with Crippen LogP contribution in [0.15, 0.2) is 24.3 Å². The predicted molar refractivity (Wildman–Crippen MR) is 66.2 cm³/mol. The van der Waals surface area contributed by atoms with E-state index >= 15 is 0 Å². The van der Waals surface area contributed by atoms with Gasteiger partial charge in [0, 0.05) is 9.58 Å². The summed E-state index contributed by atoms with van der Waals surface area (Å²) in [6.07, 6.45) is 0.315. The van der Waals surface area contributed by atoms with Crippen LogP contribution < -0.4 is 0 Å². The van der Waals surface area contributed by atoms with Gasteiger partial charge in [-0.25, -0.2) is 4.39 Å². The molecule has 1 nitrogen and oxygen atoms in total. The maximum absolute atomic E-state index is 13.0. The third kappa shape index (κ3) is 2.42. The van der Waals surface area contributed by atoms with Crippen LogP contribution in [0.2, 0.25) is 0 Å². The van der Waals surface area contributed by atoms with E-state index in [1.54, 1.807) is 6.07 Å². The van der Waals surface area contributed by atoms with Crippen molar-refractivity contribution in [2.75, 3.05) is 0 Å². The Morgan fingerprint density at radius 1 is 1.31 bits per heavy atom. The second-order valence-corrected chi connectivity index (χ2v) is 5.59. The van der Waals surface area contributed by atoms with Crippen molar-refractivity contribution in [1.29, 1.82) is 0 Å². The molecule has 1 heterocycles. The first-order valence-corrected chi connectivity index (χ1v) is 6.25. The summed E-state index contributed by atoms with van der Waals surface area (Å²) in [6.45, 7) is 4.16. The molecule has 1 aromatic carbocycles. The fourth-order valence-electron chi connectivity index (χ4n) is 1.75. The number of hydrogen-bond acceptors (Lipinski definition) is 2. The molecule has 0 saturated carbocycles. The highest BCUT2D eigenvalue weighted by molar-refractivity contribution is 7.19. The number of halogens is 1. The largest absolute Gasteiger partial charge is 0.388 e. The van der Waals surface area contributed by atoms with Gasteiger partial charge in [-0.15, -0.1) is 11.3 Å². The molecule has 3 heteroatoms. The van der Waals surface area contributed by atoms with Crippen molar-refractivity contribution in [3.05, 3.63) is 35.0 Å². The van der Waals surface area contributed by atoms with Crippen LogP contribution in [0.5, 0.6) is 0 Å². The van der Waals surface area contributed by atoms with Gasteiger partial charge < -0.3 is 5.11 Å². The molecule has 16 heavy (non-hydrogen) atoms. The van der Waals surface area contributed by atoms with Crippen LogP contribution in [-0.4, -0.2) is 5.11 Å². The molecule has 0 aliphatic carbocycles. The van der Waals surface area contributed by atoms with Crippen molar-refractivity contribution < 1.29 is 9.50 Å². The molecule has 1 unspecified atom stereocenters. The number of benzene rings is 1. The zero-order valence-electron chi connectivity index (χ0n) is 9.40. The van der Waals surface area contributed by atoms with E-state index in [0.717, 1.165) is 21.4 Å². The van der Waals surface area contributed by atoms with Crippen LogP contribution in [0, 0.1) is 11.7 Å². The Morgan fingerprint density at radius 2 is 2.06 bits per heavy atom. The summed E-state index contributed by atoms with van der Waals surface area (Å²) < 4.78 is 13.9. The number of aliphatic hydroxyl groups is 1. The lowest BCUT2D eigenvalue weighted by Gasteiger charge is -2.10. The SMILES string of the molecule is CC(C)CC(O)c1cc2ccc(F)cc2s1. The lowest BCUT2D eigenvalue weighted by molar-refractivity contribution is 0.154. The highest BCUT2D eigenvalue weighted by Gasteiger charge is 2.13. The van der Waals surface area contributed by atoms with Crippen LogP contribution >= 0.6 is 11.3 Å². The molecule has 0 aliphatic rings. The molecule has 0 bridgehead atoms. The smallest absolute Gasteiger partial charge is 0.124 e. The van der Waals surface area contributed by atoms with E-state index in [2.05, 4.69) is 13.8 Å². The van der Waals surface area contributed by atoms with Crippen LogP contribution in [0.3, 0.4) is 0 Å². The average molecular weight is 238 g/mol. The van der Waals surface area contributed by atoms with Crippen LogP contribution in [0.1, 0.15) is 31.2 Å². The Hall–Kier alpha value is -0.930. The minimum absolute atomic E-state index is 0.223. The fraction of sp³-hybridized carbons (Fsp3) is 0.385. The van der Waals surface area contributed by atoms with E-state index in [-0.39, 0.29) is 5.82 Å². The summed E-state index contributed by atoms with van der Waals surface area (Å²) in [4.78, 5) is 0.925. The maximum atomic E-state index is 13.0. The second kappa shape index (κ2) is 4.52. The summed E-state index contributed by atoms with van der Waals surface area (Å²) in [6, 6.07) is 6.68. The first-order valence-electron chi connectivity index (χ1n) is 5.43. The molecule has 1 N–H and O–H groups in total. The van der Waals surface area contributed by atoms with Gasteiger partial charge >= 0.3 is 0 Å². The Kier molecular flexibility index (Phi) is 3.26. The van der Waals surface area contributed by atoms with E-state index in [4.69, 9.17) is 0 Å². The van der Waals surface area contributed by atoms with Gasteiger partial charge in [-0.3, -0.25) is 0 Å². The van der Waals surface area contributed by atoms with E-state index in [9.17, 15) is 9.50 Å². The highest BCUT2D eigenvalue weighted by atomic mass is 32.1. The minimum atomic E-state index is -0.430. The predicted octanol–water partition coefficient (Wildman–Crippen LogP) is 4.12. The summed E-state index contributed by atoms with van der Waals surface area (Å²) >= 11 is 1.47. The van der Waals surface area contributed by atoms with Crippen LogP contribution in [0.25, 0.3) is 10.1 Å². The third-order valence-corrected chi connectivity index (χ3v) is 3.72. The van der Waals surface area contributed by atoms with Gasteiger partial charge in [-0.2, -0.15) is 0 Å². The van der Waals surface area contributed by atoms with Crippen molar-refractivity contribution in [2.45, 2.75) is 26.4 Å². The van der Waals surface area contributed by atoms with E-state index in [1.165, 1.54) is 23.5 Å². The zero-order valence-corrected chi connectivity index (χ0v) is 10.2. The van der Waals surface area contributed by atoms with Gasteiger partial charge in [-0.1, -0.05) is 19.9 Å². The summed E-state index contributed by atoms with van der Waals surface area (Å²) in [5.41, 5.74) is 0. The van der Waals surface area contributed by atoms with Crippen molar-refractivity contribution in [3.8, 4) is 0 Å². The van der Waals surface area contributed by atoms with E-state index in [1.807, 2.05) is 6.07 Å². The number of aliphatic hydroxyl groups excluding tert-OH is 1. The van der Waals surface area contributed by atoms with Crippen molar-refractivity contribution in [3.63, 3.8) is 0 Å². The molecule has 0 spiro atoms. The van der Waals surface area contributed by atoms with Crippen molar-refractivity contribution >= 4 is 21.4 Å². The Bertz CT molecular complexity index is 490. The van der Waals surface area contributed by atoms with E-state index < -0.39 is 6.10 Å². The molecule has 1 aromatic heterocycles. The monoisotopic (exact) mass is 238 g/mol. The van der Waals surface area contributed by atoms with Crippen LogP contribution in [0.4, 0.5) is 4.39 Å². The fourth-order valence-corrected chi connectivity index (χ4v) is 2.84. The minimum Gasteiger partial charge on any atom is -0.388 e. The van der Waals surface area contributed by atoms with Gasteiger partial charge in [0.05, 0.1) is 6.10 Å². The molecule has 2 rings (SSSR count). The molecule has 0 radical (unpaired) electrons. The number of thiophene rings is 1. The molecule has 1 atom stereocenters. The summed E-state index contributed by atoms with van der Waals surface area (Å²) in [5, 5.41) is 11.0. The molecule has 2 aromatic rings. The molecule has 0 amide bonds. The maximum Gasteiger partial charge on any atom is 0.124 e. The molecule has 0 aliphatic heterocycles. The quantitative estimate of drug-likeness (QED) is 0.852. The standard InChI is InChI=1S/C13H15FOS/c1-8(2)5-11(15)13-6-9-3-4-10(14)7-12(9)16-13/h3-4,6-8,11,15H,5H2,1-2H3. The van der Waals surface area contributed by atoms with Crippen molar-refractivity contribution in [1.82, 2.24) is 0 Å². The molecular formula is C13H15FOS. The normalized spacial score (nSPS) is 13.6. The lowest BCUT2D eigenvalue weighted by atomic mass is 10.0. The molecular weight excluding hydrogens is 223 g/mol. The number of rotatable bonds is 3. The van der Waals surface area contributed by atoms with Gasteiger partial charge in [0.25, 0.3) is 0 Å². The zero-order chi connectivity index (χ0) is 11.7. The number of hydrogen-bond donors (Lipinski definition) is 1. The first kappa shape index (κ1) is 11.6. The average Bonchev–Trinajstić information content (AvgIpc) is 2.59. The molecule has 0 saturated heterocycles. The first-order chi connectivity index (χ1) is 7.56. The second-order valence-electron chi connectivity index (χ2n) is 4.48. The Morgan fingerprint density at radius 3 is 2.75 bits per heavy atom. The number of fused-ring (bicyclic) bond motifs is 1. The van der Waals surface area contributed by atoms with Crippen molar-refractivity contribution in [2.24, 2.45) is 5.92 Å². The van der Waals surface area contributed by atoms with Crippen LogP contribution in [-0.2, 0) is 0 Å². The van der Waals surface area contributed by atoms with Gasteiger partial charge in [-0.05, 0) is 35.9 Å². The summed E-state index contributed by atoms with van der Waals surface area (Å²) in [5.74, 6) is 0.233. The molecule has 86 valence electrons. The Balaban J connectivity index is 2.32. The topological polar surface area (TPSA) is 20.2 Å². The van der Waals surface area contributed by atoms with Gasteiger partial charge in [0.1, 0.15) is 5.82 Å². The summed E-state index contributed by atoms with van der Waals surface area (Å²) in [7, 11) is 0. The van der Waals surface area contributed by atoms with Gasteiger partial charge in [0.2, 0.25) is 0 Å². The third-order valence-electron chi connectivity index (χ3n) is 2.52. The molecule has 0 fully saturated rings. The van der Waals surface area contributed by atoms with Gasteiger partial charge in [0.15, 0.2) is 0 Å². The van der Waals surface area contributed by atoms with E-state index in [0.29, 0.717) is 5.92 Å². The Labute approximate surface area is 98.5 Å². The lowest BCUT2D eigenvalue weighted by Crippen LogP contribution is -1.99.